The number of aliphatic imine (C=N–C) groups is 1. The van der Waals surface area contributed by atoms with Crippen LogP contribution in [0.4, 0.5) is 5.69 Å². The van der Waals surface area contributed by atoms with Gasteiger partial charge in [-0.15, -0.1) is 0 Å². The van der Waals surface area contributed by atoms with Crippen molar-refractivity contribution in [3.63, 3.8) is 0 Å². The molecule has 0 saturated carbocycles. The molecule has 0 atom stereocenters. The van der Waals surface area contributed by atoms with Crippen LogP contribution in [0.15, 0.2) is 89.9 Å². The second kappa shape index (κ2) is 5.71. The lowest BCUT2D eigenvalue weighted by atomic mass is 10.1. The van der Waals surface area contributed by atoms with E-state index in [9.17, 15) is 0 Å². The minimum Gasteiger partial charge on any atom is -0.256 e. The third-order valence-electron chi connectivity index (χ3n) is 4.91. The monoisotopic (exact) mass is 319 g/mol. The molecule has 25 heavy (non-hydrogen) atoms. The Morgan fingerprint density at radius 3 is 2.40 bits per heavy atom. The molecule has 118 valence electrons. The summed E-state index contributed by atoms with van der Waals surface area (Å²) in [6, 6.07) is 30.0. The predicted octanol–water partition coefficient (Wildman–Crippen LogP) is 6.16. The molecule has 0 saturated heterocycles. The average molecular weight is 319 g/mol. The second-order valence-corrected chi connectivity index (χ2v) is 6.54. The van der Waals surface area contributed by atoms with Gasteiger partial charge in [-0.1, -0.05) is 66.7 Å². The Labute approximate surface area is 147 Å². The molecule has 0 heterocycles. The number of hydrogen-bond acceptors (Lipinski definition) is 1. The molecule has 0 aromatic heterocycles. The minimum absolute atomic E-state index is 1.00. The van der Waals surface area contributed by atoms with Crippen molar-refractivity contribution in [1.29, 1.82) is 0 Å². The van der Waals surface area contributed by atoms with Crippen molar-refractivity contribution in [2.45, 2.75) is 6.42 Å². The van der Waals surface area contributed by atoms with Gasteiger partial charge in [-0.25, -0.2) is 0 Å². The minimum atomic E-state index is 1.00. The summed E-state index contributed by atoms with van der Waals surface area (Å²) >= 11 is 0. The van der Waals surface area contributed by atoms with E-state index in [4.69, 9.17) is 4.99 Å². The highest BCUT2D eigenvalue weighted by molar-refractivity contribution is 5.91. The SMILES string of the molecule is C(=Nc1ccc2c(c1)Cc1ccccc1-2)c1ccc2ccccc2c1. The Morgan fingerprint density at radius 1 is 0.640 bits per heavy atom. The van der Waals surface area contributed by atoms with Gasteiger partial charge in [0, 0.05) is 6.21 Å². The number of benzene rings is 4. The molecule has 1 nitrogen and oxygen atoms in total. The van der Waals surface area contributed by atoms with Crippen LogP contribution in [0.3, 0.4) is 0 Å². The lowest BCUT2D eigenvalue weighted by Crippen LogP contribution is -1.83. The summed E-state index contributed by atoms with van der Waals surface area (Å²) in [5, 5.41) is 2.51. The zero-order valence-corrected chi connectivity index (χ0v) is 13.8. The number of nitrogens with zero attached hydrogens (tertiary/aromatic N) is 1. The first-order valence-electron chi connectivity index (χ1n) is 8.61. The van der Waals surface area contributed by atoms with E-state index in [1.165, 1.54) is 33.0 Å². The number of hydrogen-bond donors (Lipinski definition) is 0. The summed E-state index contributed by atoms with van der Waals surface area (Å²) in [6.45, 7) is 0. The van der Waals surface area contributed by atoms with Crippen LogP contribution in [0.5, 0.6) is 0 Å². The van der Waals surface area contributed by atoms with E-state index in [-0.39, 0.29) is 0 Å². The summed E-state index contributed by atoms with van der Waals surface area (Å²) in [5.41, 5.74) is 7.63. The zero-order chi connectivity index (χ0) is 16.6. The summed E-state index contributed by atoms with van der Waals surface area (Å²) in [6.07, 6.45) is 2.96. The molecule has 0 radical (unpaired) electrons. The van der Waals surface area contributed by atoms with Crippen molar-refractivity contribution in [2.75, 3.05) is 0 Å². The summed E-state index contributed by atoms with van der Waals surface area (Å²) in [5.74, 6) is 0. The van der Waals surface area contributed by atoms with Crippen LogP contribution in [-0.4, -0.2) is 6.21 Å². The number of rotatable bonds is 2. The van der Waals surface area contributed by atoms with Gasteiger partial charge in [0.1, 0.15) is 0 Å². The molecule has 4 aromatic carbocycles. The second-order valence-electron chi connectivity index (χ2n) is 6.54. The Morgan fingerprint density at radius 2 is 1.44 bits per heavy atom. The van der Waals surface area contributed by atoms with Crippen LogP contribution < -0.4 is 0 Å². The highest BCUT2D eigenvalue weighted by atomic mass is 14.7. The van der Waals surface area contributed by atoms with E-state index in [2.05, 4.69) is 84.9 Å². The Balaban J connectivity index is 1.46. The van der Waals surface area contributed by atoms with Crippen molar-refractivity contribution < 1.29 is 0 Å². The van der Waals surface area contributed by atoms with Crippen LogP contribution in [-0.2, 0) is 6.42 Å². The zero-order valence-electron chi connectivity index (χ0n) is 13.8. The largest absolute Gasteiger partial charge is 0.256 e. The Kier molecular flexibility index (Phi) is 3.24. The van der Waals surface area contributed by atoms with Crippen LogP contribution in [0.2, 0.25) is 0 Å². The lowest BCUT2D eigenvalue weighted by Gasteiger charge is -2.02. The fraction of sp³-hybridized carbons (Fsp3) is 0.0417. The normalized spacial score (nSPS) is 12.5. The van der Waals surface area contributed by atoms with E-state index in [0.717, 1.165) is 17.7 Å². The van der Waals surface area contributed by atoms with E-state index < -0.39 is 0 Å². The van der Waals surface area contributed by atoms with Gasteiger partial charge in [0.15, 0.2) is 0 Å². The molecule has 0 fully saturated rings. The highest BCUT2D eigenvalue weighted by Gasteiger charge is 2.17. The maximum atomic E-state index is 4.70. The summed E-state index contributed by atoms with van der Waals surface area (Å²) < 4.78 is 0. The van der Waals surface area contributed by atoms with Crippen LogP contribution in [0.25, 0.3) is 21.9 Å². The first-order valence-corrected chi connectivity index (χ1v) is 8.61. The molecule has 1 heteroatoms. The highest BCUT2D eigenvalue weighted by Crippen LogP contribution is 2.38. The van der Waals surface area contributed by atoms with Crippen molar-refractivity contribution in [3.8, 4) is 11.1 Å². The number of fused-ring (bicyclic) bond motifs is 4. The third-order valence-corrected chi connectivity index (χ3v) is 4.91. The molecule has 5 rings (SSSR count). The molecule has 0 bridgehead atoms. The molecule has 4 aromatic rings. The molecule has 0 amide bonds. The summed E-state index contributed by atoms with van der Waals surface area (Å²) in [7, 11) is 0. The molecule has 0 N–H and O–H groups in total. The lowest BCUT2D eigenvalue weighted by molar-refractivity contribution is 1.26. The Hall–Kier alpha value is -3.19. The van der Waals surface area contributed by atoms with Gasteiger partial charge in [0.25, 0.3) is 0 Å². The molecular weight excluding hydrogens is 302 g/mol. The molecular formula is C24H17N. The van der Waals surface area contributed by atoms with Gasteiger partial charge in [0.05, 0.1) is 5.69 Å². The van der Waals surface area contributed by atoms with Crippen LogP contribution >= 0.6 is 0 Å². The average Bonchev–Trinajstić information content (AvgIpc) is 3.04. The van der Waals surface area contributed by atoms with Gasteiger partial charge in [-0.3, -0.25) is 4.99 Å². The molecule has 0 spiro atoms. The fourth-order valence-corrected chi connectivity index (χ4v) is 3.65. The standard InChI is InChI=1S/C24H17N/c1-2-6-19-13-17(9-10-18(19)5-1)16-25-22-11-12-24-21(15-22)14-20-7-3-4-8-23(20)24/h1-13,15-16H,14H2. The van der Waals surface area contributed by atoms with Gasteiger partial charge in [-0.05, 0) is 63.2 Å². The van der Waals surface area contributed by atoms with Gasteiger partial charge in [-0.2, -0.15) is 0 Å². The summed E-state index contributed by atoms with van der Waals surface area (Å²) in [4.78, 5) is 4.70. The van der Waals surface area contributed by atoms with E-state index >= 15 is 0 Å². The van der Waals surface area contributed by atoms with Gasteiger partial charge < -0.3 is 0 Å². The molecule has 1 aliphatic rings. The quantitative estimate of drug-likeness (QED) is 0.345. The van der Waals surface area contributed by atoms with Crippen LogP contribution in [0, 0.1) is 0 Å². The Bertz CT molecular complexity index is 1120. The van der Waals surface area contributed by atoms with E-state index in [1.807, 2.05) is 6.21 Å². The van der Waals surface area contributed by atoms with Crippen molar-refractivity contribution in [3.05, 3.63) is 102 Å². The maximum Gasteiger partial charge on any atom is 0.0633 e. The van der Waals surface area contributed by atoms with E-state index in [0.29, 0.717) is 0 Å². The van der Waals surface area contributed by atoms with Gasteiger partial charge in [0.2, 0.25) is 0 Å². The van der Waals surface area contributed by atoms with Crippen molar-refractivity contribution in [1.82, 2.24) is 0 Å². The topological polar surface area (TPSA) is 12.4 Å². The van der Waals surface area contributed by atoms with E-state index in [1.54, 1.807) is 0 Å². The van der Waals surface area contributed by atoms with Crippen molar-refractivity contribution in [2.24, 2.45) is 4.99 Å². The molecule has 1 aliphatic carbocycles. The third kappa shape index (κ3) is 2.54. The van der Waals surface area contributed by atoms with Crippen molar-refractivity contribution >= 4 is 22.7 Å². The predicted molar refractivity (Wildman–Crippen MR) is 106 cm³/mol. The molecule has 0 aliphatic heterocycles. The van der Waals surface area contributed by atoms with Crippen LogP contribution in [0.1, 0.15) is 16.7 Å². The van der Waals surface area contributed by atoms with Gasteiger partial charge >= 0.3 is 0 Å². The first kappa shape index (κ1) is 14.2. The fourth-order valence-electron chi connectivity index (χ4n) is 3.65. The maximum absolute atomic E-state index is 4.70. The first-order chi connectivity index (χ1) is 12.4. The smallest absolute Gasteiger partial charge is 0.0633 e. The molecule has 0 unspecified atom stereocenters.